The van der Waals surface area contributed by atoms with Gasteiger partial charge in [0.2, 0.25) is 0 Å². The fourth-order valence-corrected chi connectivity index (χ4v) is 2.85. The van der Waals surface area contributed by atoms with E-state index in [0.29, 0.717) is 33.9 Å². The molecule has 0 aliphatic heterocycles. The lowest BCUT2D eigenvalue weighted by Gasteiger charge is -2.23. The van der Waals surface area contributed by atoms with Gasteiger partial charge in [0.05, 0.1) is 12.0 Å². The number of hydrogen-bond donors (Lipinski definition) is 3. The number of pyridine rings is 2. The summed E-state index contributed by atoms with van der Waals surface area (Å²) in [6.07, 6.45) is 2.95. The number of aliphatic hydroxyl groups excluding tert-OH is 1. The predicted octanol–water partition coefficient (Wildman–Crippen LogP) is 2.34. The number of nitrogens with zero attached hydrogens (tertiary/aromatic N) is 4. The van der Waals surface area contributed by atoms with Crippen molar-refractivity contribution in [2.75, 3.05) is 17.2 Å². The second kappa shape index (κ2) is 7.96. The molecule has 0 aliphatic carbocycles. The highest BCUT2D eigenvalue weighted by Crippen LogP contribution is 2.26. The molecule has 3 N–H and O–H groups in total. The van der Waals surface area contributed by atoms with E-state index in [1.54, 1.807) is 24.4 Å². The molecule has 0 amide bonds. The first kappa shape index (κ1) is 20.4. The largest absolute Gasteiger partial charge is 0.395 e. The van der Waals surface area contributed by atoms with Gasteiger partial charge in [-0.25, -0.2) is 15.0 Å². The number of aromatic nitrogens is 4. The molecule has 0 aromatic carbocycles. The topological polar surface area (TPSA) is 122 Å². The van der Waals surface area contributed by atoms with E-state index in [9.17, 15) is 14.7 Å². The Balaban J connectivity index is 2.12. The van der Waals surface area contributed by atoms with Crippen LogP contribution in [-0.2, 0) is 6.54 Å². The molecule has 0 atom stereocenters. The Bertz CT molecular complexity index is 1120. The SMILES string of the molecule is CC(=O)c1cc(Nc2cc3ccn(CCO)c(=O)c3c(NC(C)(C)C)n2)ncn1. The number of hydrogen-bond acceptors (Lipinski definition) is 8. The minimum atomic E-state index is -0.334. The van der Waals surface area contributed by atoms with Crippen molar-refractivity contribution in [2.24, 2.45) is 0 Å². The predicted molar refractivity (Wildman–Crippen MR) is 112 cm³/mol. The zero-order valence-corrected chi connectivity index (χ0v) is 16.9. The molecule has 0 saturated heterocycles. The monoisotopic (exact) mass is 396 g/mol. The molecule has 0 fully saturated rings. The van der Waals surface area contributed by atoms with Crippen LogP contribution < -0.4 is 16.2 Å². The van der Waals surface area contributed by atoms with Crippen molar-refractivity contribution in [1.82, 2.24) is 19.5 Å². The summed E-state index contributed by atoms with van der Waals surface area (Å²) in [6, 6.07) is 5.09. The Labute approximate surface area is 167 Å². The van der Waals surface area contributed by atoms with E-state index >= 15 is 0 Å². The van der Waals surface area contributed by atoms with E-state index in [4.69, 9.17) is 0 Å². The average Bonchev–Trinajstić information content (AvgIpc) is 2.63. The second-order valence-electron chi connectivity index (χ2n) is 7.70. The first-order chi connectivity index (χ1) is 13.7. The minimum absolute atomic E-state index is 0.132. The molecule has 3 heterocycles. The van der Waals surface area contributed by atoms with Gasteiger partial charge in [-0.2, -0.15) is 0 Å². The Morgan fingerprint density at radius 3 is 2.62 bits per heavy atom. The Hall–Kier alpha value is -3.33. The molecule has 0 saturated carbocycles. The van der Waals surface area contributed by atoms with Crippen LogP contribution >= 0.6 is 0 Å². The van der Waals surface area contributed by atoms with Crippen molar-refractivity contribution in [3.05, 3.63) is 46.8 Å². The Kier molecular flexibility index (Phi) is 5.60. The molecule has 152 valence electrons. The van der Waals surface area contributed by atoms with Gasteiger partial charge >= 0.3 is 0 Å². The maximum absolute atomic E-state index is 12.9. The van der Waals surface area contributed by atoms with Gasteiger partial charge in [-0.05, 0) is 38.3 Å². The number of ketones is 1. The van der Waals surface area contributed by atoms with Crippen LogP contribution in [0.15, 0.2) is 35.5 Å². The maximum Gasteiger partial charge on any atom is 0.262 e. The fraction of sp³-hybridized carbons (Fsp3) is 0.350. The van der Waals surface area contributed by atoms with Gasteiger partial charge in [-0.3, -0.25) is 9.59 Å². The number of aliphatic hydroxyl groups is 1. The standard InChI is InChI=1S/C20H24N6O3/c1-12(28)14-10-15(22-11-21-14)23-16-9-13-5-6-26(7-8-27)19(29)17(13)18(24-16)25-20(2,3)4/h5-6,9-11,27H,7-8H2,1-4H3,(H2,21,22,23,24,25). The highest BCUT2D eigenvalue weighted by molar-refractivity contribution is 5.94. The molecular formula is C20H24N6O3. The Morgan fingerprint density at radius 1 is 1.21 bits per heavy atom. The second-order valence-corrected chi connectivity index (χ2v) is 7.70. The number of Topliss-reactive ketones (excluding diaryl/α,β-unsaturated/α-hetero) is 1. The van der Waals surface area contributed by atoms with Crippen LogP contribution in [0.3, 0.4) is 0 Å². The minimum Gasteiger partial charge on any atom is -0.395 e. The molecule has 3 aromatic heterocycles. The molecule has 0 unspecified atom stereocenters. The Morgan fingerprint density at radius 2 is 1.97 bits per heavy atom. The van der Waals surface area contributed by atoms with Gasteiger partial charge in [0.25, 0.3) is 5.56 Å². The van der Waals surface area contributed by atoms with Gasteiger partial charge < -0.3 is 20.3 Å². The summed E-state index contributed by atoms with van der Waals surface area (Å²) in [5.74, 6) is 1.15. The first-order valence-electron chi connectivity index (χ1n) is 9.21. The molecule has 29 heavy (non-hydrogen) atoms. The van der Waals surface area contributed by atoms with Gasteiger partial charge in [-0.1, -0.05) is 0 Å². The van der Waals surface area contributed by atoms with Crippen LogP contribution in [0.25, 0.3) is 10.8 Å². The number of anilines is 3. The summed E-state index contributed by atoms with van der Waals surface area (Å²) in [6.45, 7) is 7.42. The summed E-state index contributed by atoms with van der Waals surface area (Å²) >= 11 is 0. The van der Waals surface area contributed by atoms with E-state index in [1.807, 2.05) is 20.8 Å². The van der Waals surface area contributed by atoms with E-state index in [1.165, 1.54) is 17.8 Å². The number of rotatable bonds is 6. The molecular weight excluding hydrogens is 372 g/mol. The molecule has 0 radical (unpaired) electrons. The van der Waals surface area contributed by atoms with Crippen LogP contribution in [0.4, 0.5) is 17.5 Å². The van der Waals surface area contributed by atoms with Crippen LogP contribution in [0.1, 0.15) is 38.2 Å². The van der Waals surface area contributed by atoms with E-state index in [0.717, 1.165) is 0 Å². The lowest BCUT2D eigenvalue weighted by molar-refractivity contribution is 0.101. The first-order valence-corrected chi connectivity index (χ1v) is 9.21. The van der Waals surface area contributed by atoms with Crippen molar-refractivity contribution < 1.29 is 9.90 Å². The smallest absolute Gasteiger partial charge is 0.262 e. The van der Waals surface area contributed by atoms with Crippen LogP contribution in [-0.4, -0.2) is 42.6 Å². The molecule has 3 aromatic rings. The average molecular weight is 396 g/mol. The van der Waals surface area contributed by atoms with Crippen molar-refractivity contribution in [3.63, 3.8) is 0 Å². The van der Waals surface area contributed by atoms with Gasteiger partial charge in [-0.15, -0.1) is 0 Å². The molecule has 0 spiro atoms. The van der Waals surface area contributed by atoms with Crippen LogP contribution in [0.2, 0.25) is 0 Å². The third kappa shape index (κ3) is 4.75. The van der Waals surface area contributed by atoms with Crippen LogP contribution in [0, 0.1) is 0 Å². The quantitative estimate of drug-likeness (QED) is 0.543. The summed E-state index contributed by atoms with van der Waals surface area (Å²) in [4.78, 5) is 37.1. The highest BCUT2D eigenvalue weighted by Gasteiger charge is 2.17. The fourth-order valence-electron chi connectivity index (χ4n) is 2.85. The zero-order chi connectivity index (χ0) is 21.2. The van der Waals surface area contributed by atoms with Crippen molar-refractivity contribution >= 4 is 34.0 Å². The van der Waals surface area contributed by atoms with E-state index < -0.39 is 0 Å². The maximum atomic E-state index is 12.9. The highest BCUT2D eigenvalue weighted by atomic mass is 16.3. The molecule has 0 aliphatic rings. The van der Waals surface area contributed by atoms with E-state index in [2.05, 4.69) is 25.6 Å². The molecule has 3 rings (SSSR count). The van der Waals surface area contributed by atoms with Crippen molar-refractivity contribution in [2.45, 2.75) is 39.8 Å². The third-order valence-corrected chi connectivity index (χ3v) is 4.08. The summed E-state index contributed by atoms with van der Waals surface area (Å²) < 4.78 is 1.45. The van der Waals surface area contributed by atoms with E-state index in [-0.39, 0.29) is 30.0 Å². The zero-order valence-electron chi connectivity index (χ0n) is 16.9. The molecule has 9 heteroatoms. The molecule has 9 nitrogen and oxygen atoms in total. The summed E-state index contributed by atoms with van der Waals surface area (Å²) in [5.41, 5.74) is -0.272. The lowest BCUT2D eigenvalue weighted by atomic mass is 10.1. The third-order valence-electron chi connectivity index (χ3n) is 4.08. The number of carbonyl (C=O) groups is 1. The molecule has 0 bridgehead atoms. The van der Waals surface area contributed by atoms with Crippen molar-refractivity contribution in [1.29, 1.82) is 0 Å². The lowest BCUT2D eigenvalue weighted by Crippen LogP contribution is -2.29. The van der Waals surface area contributed by atoms with Crippen molar-refractivity contribution in [3.8, 4) is 0 Å². The van der Waals surface area contributed by atoms with Gasteiger partial charge in [0.1, 0.15) is 29.5 Å². The van der Waals surface area contributed by atoms with Crippen LogP contribution in [0.5, 0.6) is 0 Å². The number of nitrogens with one attached hydrogen (secondary N) is 2. The van der Waals surface area contributed by atoms with Gasteiger partial charge in [0.15, 0.2) is 5.78 Å². The number of fused-ring (bicyclic) bond motifs is 1. The summed E-state index contributed by atoms with van der Waals surface area (Å²) in [7, 11) is 0. The van der Waals surface area contributed by atoms with Gasteiger partial charge in [0, 0.05) is 31.3 Å². The normalized spacial score (nSPS) is 11.5. The number of carbonyl (C=O) groups excluding carboxylic acids is 1. The summed E-state index contributed by atoms with van der Waals surface area (Å²) in [5, 5.41) is 16.7.